The van der Waals surface area contributed by atoms with Crippen LogP contribution in [0.3, 0.4) is 0 Å². The van der Waals surface area contributed by atoms with Crippen molar-refractivity contribution in [1.29, 1.82) is 0 Å². The van der Waals surface area contributed by atoms with Crippen LogP contribution < -0.4 is 5.32 Å². The highest BCUT2D eigenvalue weighted by Crippen LogP contribution is 2.26. The third-order valence-corrected chi connectivity index (χ3v) is 4.41. The van der Waals surface area contributed by atoms with E-state index in [1.54, 1.807) is 6.20 Å². The predicted octanol–water partition coefficient (Wildman–Crippen LogP) is 3.48. The van der Waals surface area contributed by atoms with Crippen LogP contribution >= 0.6 is 0 Å². The van der Waals surface area contributed by atoms with E-state index in [1.807, 2.05) is 69.2 Å². The Bertz CT molecular complexity index is 885. The topological polar surface area (TPSA) is 58.4 Å². The molecule has 5 nitrogen and oxygen atoms in total. The summed E-state index contributed by atoms with van der Waals surface area (Å²) in [6.07, 6.45) is 1.76. The molecular formula is C20H23N3O2. The number of hydrogen-bond donors (Lipinski definition) is 1. The van der Waals surface area contributed by atoms with Gasteiger partial charge in [0.05, 0.1) is 11.7 Å². The summed E-state index contributed by atoms with van der Waals surface area (Å²) in [6, 6.07) is 11.8. The maximum atomic E-state index is 12.6. The molecule has 0 aliphatic carbocycles. The summed E-state index contributed by atoms with van der Waals surface area (Å²) in [7, 11) is 3.95. The summed E-state index contributed by atoms with van der Waals surface area (Å²) >= 11 is 0. The molecule has 0 bridgehead atoms. The van der Waals surface area contributed by atoms with Crippen molar-refractivity contribution < 1.29 is 9.21 Å². The number of likely N-dealkylation sites (N-methyl/N-ethyl adjacent to an activating group) is 1. The molecule has 0 fully saturated rings. The van der Waals surface area contributed by atoms with Crippen molar-refractivity contribution in [2.75, 3.05) is 20.6 Å². The lowest BCUT2D eigenvalue weighted by molar-refractivity contribution is 0.0915. The van der Waals surface area contributed by atoms with Crippen LogP contribution in [0.25, 0.3) is 11.0 Å². The van der Waals surface area contributed by atoms with Gasteiger partial charge in [0, 0.05) is 23.7 Å². The third-order valence-electron chi connectivity index (χ3n) is 4.41. The average Bonchev–Trinajstić information content (AvgIpc) is 2.91. The molecule has 25 heavy (non-hydrogen) atoms. The smallest absolute Gasteiger partial charge is 0.287 e. The number of rotatable bonds is 5. The summed E-state index contributed by atoms with van der Waals surface area (Å²) in [4.78, 5) is 19.1. The molecule has 0 aliphatic heterocycles. The number of amides is 1. The zero-order valence-corrected chi connectivity index (χ0v) is 15.0. The Kier molecular flexibility index (Phi) is 4.86. The molecule has 0 radical (unpaired) electrons. The second kappa shape index (κ2) is 7.07. The first kappa shape index (κ1) is 17.2. The Morgan fingerprint density at radius 3 is 2.72 bits per heavy atom. The van der Waals surface area contributed by atoms with Crippen LogP contribution in [0.4, 0.5) is 0 Å². The van der Waals surface area contributed by atoms with Crippen LogP contribution in [0.5, 0.6) is 0 Å². The minimum absolute atomic E-state index is 0.00270. The molecule has 0 saturated carbocycles. The fraction of sp³-hybridized carbons (Fsp3) is 0.300. The number of furan rings is 1. The normalized spacial score (nSPS) is 12.5. The molecule has 1 unspecified atom stereocenters. The first-order valence-corrected chi connectivity index (χ1v) is 8.32. The van der Waals surface area contributed by atoms with Crippen molar-refractivity contribution in [2.45, 2.75) is 19.9 Å². The summed E-state index contributed by atoms with van der Waals surface area (Å²) in [5, 5.41) is 3.96. The second-order valence-electron chi connectivity index (χ2n) is 6.50. The van der Waals surface area contributed by atoms with E-state index in [4.69, 9.17) is 4.42 Å². The van der Waals surface area contributed by atoms with Gasteiger partial charge in [0.25, 0.3) is 5.91 Å². The van der Waals surface area contributed by atoms with Gasteiger partial charge in [-0.25, -0.2) is 0 Å². The van der Waals surface area contributed by atoms with Crippen LogP contribution in [0.2, 0.25) is 0 Å². The lowest BCUT2D eigenvalue weighted by Gasteiger charge is -2.23. The fourth-order valence-corrected chi connectivity index (χ4v) is 2.94. The molecule has 1 N–H and O–H groups in total. The highest BCUT2D eigenvalue weighted by molar-refractivity contribution is 5.99. The third kappa shape index (κ3) is 3.56. The first-order chi connectivity index (χ1) is 12.0. The number of fused-ring (bicyclic) bond motifs is 1. The van der Waals surface area contributed by atoms with Crippen LogP contribution in [-0.2, 0) is 0 Å². The highest BCUT2D eigenvalue weighted by atomic mass is 16.3. The van der Waals surface area contributed by atoms with Crippen molar-refractivity contribution in [2.24, 2.45) is 0 Å². The molecule has 1 amide bonds. The fourth-order valence-electron chi connectivity index (χ4n) is 2.94. The van der Waals surface area contributed by atoms with Gasteiger partial charge in [-0.1, -0.05) is 18.2 Å². The van der Waals surface area contributed by atoms with E-state index >= 15 is 0 Å². The Morgan fingerprint density at radius 2 is 2.04 bits per heavy atom. The maximum absolute atomic E-state index is 12.6. The molecule has 1 atom stereocenters. The van der Waals surface area contributed by atoms with E-state index in [1.165, 1.54) is 0 Å². The number of benzene rings is 1. The van der Waals surface area contributed by atoms with E-state index < -0.39 is 0 Å². The zero-order chi connectivity index (χ0) is 18.0. The molecule has 2 aromatic heterocycles. The molecule has 5 heteroatoms. The molecule has 3 aromatic rings. The van der Waals surface area contributed by atoms with Crippen molar-refractivity contribution in [3.8, 4) is 0 Å². The van der Waals surface area contributed by atoms with E-state index in [0.717, 1.165) is 27.8 Å². The van der Waals surface area contributed by atoms with E-state index in [-0.39, 0.29) is 11.9 Å². The van der Waals surface area contributed by atoms with E-state index in [0.29, 0.717) is 12.3 Å². The molecule has 0 spiro atoms. The largest absolute Gasteiger partial charge is 0.451 e. The van der Waals surface area contributed by atoms with E-state index in [2.05, 4.69) is 10.3 Å². The summed E-state index contributed by atoms with van der Waals surface area (Å²) in [5.74, 6) is 0.174. The Hall–Kier alpha value is -2.66. The first-order valence-electron chi connectivity index (χ1n) is 8.32. The van der Waals surface area contributed by atoms with Gasteiger partial charge < -0.3 is 9.73 Å². The average molecular weight is 337 g/mol. The lowest BCUT2D eigenvalue weighted by Crippen LogP contribution is -2.35. The van der Waals surface area contributed by atoms with Gasteiger partial charge in [-0.05, 0) is 51.7 Å². The van der Waals surface area contributed by atoms with Crippen LogP contribution in [0.15, 0.2) is 47.0 Å². The Morgan fingerprint density at radius 1 is 1.24 bits per heavy atom. The summed E-state index contributed by atoms with van der Waals surface area (Å²) in [6.45, 7) is 4.38. The Balaban J connectivity index is 1.79. The predicted molar refractivity (Wildman–Crippen MR) is 98.7 cm³/mol. The zero-order valence-electron chi connectivity index (χ0n) is 15.0. The number of hydrogen-bond acceptors (Lipinski definition) is 4. The van der Waals surface area contributed by atoms with Crippen LogP contribution in [0.1, 0.15) is 33.4 Å². The number of aryl methyl sites for hydroxylation is 2. The van der Waals surface area contributed by atoms with Gasteiger partial charge in [0.2, 0.25) is 0 Å². The Labute approximate surface area is 147 Å². The van der Waals surface area contributed by atoms with E-state index in [9.17, 15) is 4.79 Å². The second-order valence-corrected chi connectivity index (χ2v) is 6.50. The minimum atomic E-state index is -0.200. The van der Waals surface area contributed by atoms with Crippen LogP contribution in [-0.4, -0.2) is 36.4 Å². The number of aromatic nitrogens is 1. The number of pyridine rings is 1. The van der Waals surface area contributed by atoms with Gasteiger partial charge in [-0.2, -0.15) is 0 Å². The molecule has 0 saturated heterocycles. The van der Waals surface area contributed by atoms with Crippen molar-refractivity contribution in [1.82, 2.24) is 15.2 Å². The SMILES string of the molecule is Cc1ccc2c(C)c(C(=O)NCC(c3ccccn3)N(C)C)oc2c1. The number of carbonyl (C=O) groups excluding carboxylic acids is 1. The number of carbonyl (C=O) groups is 1. The maximum Gasteiger partial charge on any atom is 0.287 e. The van der Waals surface area contributed by atoms with Crippen molar-refractivity contribution >= 4 is 16.9 Å². The molecule has 0 aliphatic rings. The summed E-state index contributed by atoms with van der Waals surface area (Å²) in [5.41, 5.74) is 3.64. The van der Waals surface area contributed by atoms with Crippen molar-refractivity contribution in [3.05, 3.63) is 65.2 Å². The van der Waals surface area contributed by atoms with Crippen LogP contribution in [0, 0.1) is 13.8 Å². The monoisotopic (exact) mass is 337 g/mol. The highest BCUT2D eigenvalue weighted by Gasteiger charge is 2.21. The number of nitrogens with one attached hydrogen (secondary N) is 1. The quantitative estimate of drug-likeness (QED) is 0.774. The summed E-state index contributed by atoms with van der Waals surface area (Å²) < 4.78 is 5.80. The van der Waals surface area contributed by atoms with Gasteiger partial charge in [0.1, 0.15) is 5.58 Å². The number of nitrogens with zero attached hydrogens (tertiary/aromatic N) is 2. The minimum Gasteiger partial charge on any atom is -0.451 e. The molecule has 3 rings (SSSR count). The standard InChI is InChI=1S/C20H23N3O2/c1-13-8-9-15-14(2)19(25-18(15)11-13)20(24)22-12-17(23(3)4)16-7-5-6-10-21-16/h5-11,17H,12H2,1-4H3,(H,22,24). The molecule has 1 aromatic carbocycles. The van der Waals surface area contributed by atoms with Gasteiger partial charge in [0.15, 0.2) is 5.76 Å². The van der Waals surface area contributed by atoms with Crippen molar-refractivity contribution in [3.63, 3.8) is 0 Å². The molecular weight excluding hydrogens is 314 g/mol. The molecule has 2 heterocycles. The van der Waals surface area contributed by atoms with Gasteiger partial charge in [-0.15, -0.1) is 0 Å². The van der Waals surface area contributed by atoms with Gasteiger partial charge in [-0.3, -0.25) is 14.7 Å². The van der Waals surface area contributed by atoms with Gasteiger partial charge >= 0.3 is 0 Å². The lowest BCUT2D eigenvalue weighted by atomic mass is 10.1. The molecule has 130 valence electrons.